The van der Waals surface area contributed by atoms with Gasteiger partial charge in [-0.1, -0.05) is 49.7 Å². The second-order valence-electron chi connectivity index (χ2n) is 9.31. The molecule has 0 spiro atoms. The molecule has 1 atom stereocenters. The molecule has 0 radical (unpaired) electrons. The number of amides is 1. The molecule has 0 bridgehead atoms. The third kappa shape index (κ3) is 6.26. The molecule has 37 heavy (non-hydrogen) atoms. The highest BCUT2D eigenvalue weighted by Crippen LogP contribution is 2.35. The number of ether oxygens (including phenoxy) is 2. The first kappa shape index (κ1) is 27.0. The van der Waals surface area contributed by atoms with Crippen molar-refractivity contribution in [1.82, 2.24) is 4.31 Å². The van der Waals surface area contributed by atoms with Gasteiger partial charge >= 0.3 is 0 Å². The van der Waals surface area contributed by atoms with Crippen LogP contribution in [0.1, 0.15) is 38.2 Å². The van der Waals surface area contributed by atoms with Crippen LogP contribution in [0.15, 0.2) is 71.6 Å². The van der Waals surface area contributed by atoms with E-state index in [9.17, 15) is 13.2 Å². The van der Waals surface area contributed by atoms with Crippen LogP contribution in [0.3, 0.4) is 0 Å². The second-order valence-corrected chi connectivity index (χ2v) is 11.7. The average Bonchev–Trinajstić information content (AvgIpc) is 2.90. The van der Waals surface area contributed by atoms with Gasteiger partial charge in [0.1, 0.15) is 16.4 Å². The van der Waals surface area contributed by atoms with Crippen LogP contribution in [0.2, 0.25) is 5.02 Å². The van der Waals surface area contributed by atoms with Crippen LogP contribution in [-0.4, -0.2) is 38.8 Å². The van der Waals surface area contributed by atoms with Crippen molar-refractivity contribution in [2.75, 3.05) is 25.5 Å². The highest BCUT2D eigenvalue weighted by Gasteiger charge is 2.35. The molecule has 9 heteroatoms. The Balaban J connectivity index is 1.54. The smallest absolute Gasteiger partial charge is 0.246 e. The predicted molar refractivity (Wildman–Crippen MR) is 145 cm³/mol. The number of sulfonamides is 1. The third-order valence-corrected chi connectivity index (χ3v) is 8.52. The van der Waals surface area contributed by atoms with Crippen molar-refractivity contribution in [2.24, 2.45) is 5.92 Å². The van der Waals surface area contributed by atoms with Gasteiger partial charge in [-0.3, -0.25) is 4.79 Å². The molecule has 1 aliphatic heterocycles. The molecule has 0 unspecified atom stereocenters. The molecule has 1 heterocycles. The molecule has 0 saturated carbocycles. The van der Waals surface area contributed by atoms with Crippen LogP contribution >= 0.6 is 11.6 Å². The normalized spacial score (nSPS) is 16.4. The first-order valence-electron chi connectivity index (χ1n) is 12.2. The number of carbonyl (C=O) groups is 1. The molecule has 1 amide bonds. The number of hydrogen-bond donors (Lipinski definition) is 1. The summed E-state index contributed by atoms with van der Waals surface area (Å²) in [4.78, 5) is 13.4. The number of carbonyl (C=O) groups excluding carboxylic acids is 1. The maximum atomic E-state index is 13.6. The fourth-order valence-corrected chi connectivity index (χ4v) is 6.19. The lowest BCUT2D eigenvalue weighted by Crippen LogP contribution is -2.43. The second kappa shape index (κ2) is 11.5. The summed E-state index contributed by atoms with van der Waals surface area (Å²) < 4.78 is 40.0. The Morgan fingerprint density at radius 1 is 1.05 bits per heavy atom. The third-order valence-electron chi connectivity index (χ3n) is 6.40. The molecule has 3 aromatic rings. The van der Waals surface area contributed by atoms with Gasteiger partial charge < -0.3 is 14.8 Å². The first-order chi connectivity index (χ1) is 17.7. The molecule has 4 rings (SSSR count). The zero-order valence-electron chi connectivity index (χ0n) is 21.1. The lowest BCUT2D eigenvalue weighted by atomic mass is 9.98. The maximum absolute atomic E-state index is 13.6. The van der Waals surface area contributed by atoms with Crippen molar-refractivity contribution >= 4 is 33.2 Å². The number of para-hydroxylation sites is 1. The Morgan fingerprint density at radius 3 is 2.49 bits per heavy atom. The Morgan fingerprint density at radius 2 is 1.78 bits per heavy atom. The molecule has 7 nitrogen and oxygen atoms in total. The average molecular weight is 543 g/mol. The van der Waals surface area contributed by atoms with Gasteiger partial charge in [0, 0.05) is 18.1 Å². The molecule has 1 aliphatic rings. The van der Waals surface area contributed by atoms with Crippen molar-refractivity contribution in [1.29, 1.82) is 0 Å². The molecular weight excluding hydrogens is 512 g/mol. The topological polar surface area (TPSA) is 84.9 Å². The lowest BCUT2D eigenvalue weighted by molar-refractivity contribution is -0.120. The summed E-state index contributed by atoms with van der Waals surface area (Å²) in [6, 6.07) is 19.4. The van der Waals surface area contributed by atoms with Crippen molar-refractivity contribution in [3.8, 4) is 17.2 Å². The van der Waals surface area contributed by atoms with Crippen LogP contribution < -0.4 is 14.8 Å². The van der Waals surface area contributed by atoms with Gasteiger partial charge in [0.25, 0.3) is 0 Å². The van der Waals surface area contributed by atoms with E-state index in [4.69, 9.17) is 21.1 Å². The molecule has 0 aliphatic carbocycles. The maximum Gasteiger partial charge on any atom is 0.246 e. The molecule has 0 aromatic heterocycles. The number of hydrogen-bond acceptors (Lipinski definition) is 5. The minimum Gasteiger partial charge on any atom is -0.495 e. The van der Waals surface area contributed by atoms with Gasteiger partial charge in [0.15, 0.2) is 5.75 Å². The number of benzene rings is 3. The van der Waals surface area contributed by atoms with E-state index in [1.165, 1.54) is 11.4 Å². The van der Waals surface area contributed by atoms with Crippen molar-refractivity contribution in [3.63, 3.8) is 0 Å². The van der Waals surface area contributed by atoms with Gasteiger partial charge in [0.2, 0.25) is 15.9 Å². The van der Waals surface area contributed by atoms with Crippen molar-refractivity contribution < 1.29 is 22.7 Å². The Hall–Kier alpha value is -3.07. The molecule has 1 N–H and O–H groups in total. The summed E-state index contributed by atoms with van der Waals surface area (Å²) in [5.74, 6) is 0.684. The molecular formula is C28H31ClN2O5S. The fraction of sp³-hybridized carbons (Fsp3) is 0.321. The quantitative estimate of drug-likeness (QED) is 0.361. The van der Waals surface area contributed by atoms with Gasteiger partial charge in [0.05, 0.1) is 18.7 Å². The van der Waals surface area contributed by atoms with Crippen LogP contribution in [0, 0.1) is 5.92 Å². The highest BCUT2D eigenvalue weighted by atomic mass is 35.5. The summed E-state index contributed by atoms with van der Waals surface area (Å²) in [5.41, 5.74) is 1.32. The van der Waals surface area contributed by atoms with Crippen LogP contribution in [0.25, 0.3) is 0 Å². The zero-order valence-corrected chi connectivity index (χ0v) is 22.7. The van der Waals surface area contributed by atoms with E-state index in [2.05, 4.69) is 5.32 Å². The molecule has 3 aromatic carbocycles. The summed E-state index contributed by atoms with van der Waals surface area (Å²) in [6.45, 7) is 4.41. The molecule has 196 valence electrons. The minimum atomic E-state index is -3.87. The van der Waals surface area contributed by atoms with Crippen LogP contribution in [0.5, 0.6) is 17.2 Å². The number of rotatable bonds is 8. The van der Waals surface area contributed by atoms with E-state index in [1.807, 2.05) is 50.2 Å². The Kier molecular flexibility index (Phi) is 8.42. The standard InChI is InChI=1S/C28H31ClN2O5S/c1-19(2)20-11-13-26(35-3)27(16-20)37(33,34)31-15-7-8-21(18-31)28(32)30-24-17-22(29)12-14-25(24)36-23-9-5-4-6-10-23/h4-6,9-14,16-17,19,21H,7-8,15,18H2,1-3H3,(H,30,32)/t21-/m0/s1. The largest absolute Gasteiger partial charge is 0.495 e. The van der Waals surface area contributed by atoms with Crippen molar-refractivity contribution in [2.45, 2.75) is 37.5 Å². The summed E-state index contributed by atoms with van der Waals surface area (Å²) in [7, 11) is -2.42. The SMILES string of the molecule is COc1ccc(C(C)C)cc1S(=O)(=O)N1CCC[C@H](C(=O)Nc2cc(Cl)ccc2Oc2ccccc2)C1. The van der Waals surface area contributed by atoms with Gasteiger partial charge in [-0.15, -0.1) is 0 Å². The predicted octanol–water partition coefficient (Wildman–Crippen LogP) is 6.30. The van der Waals surface area contributed by atoms with E-state index in [-0.39, 0.29) is 29.0 Å². The summed E-state index contributed by atoms with van der Waals surface area (Å²) in [5, 5.41) is 3.35. The number of piperidine rings is 1. The Labute approximate surface area is 223 Å². The highest BCUT2D eigenvalue weighted by molar-refractivity contribution is 7.89. The van der Waals surface area contributed by atoms with Crippen molar-refractivity contribution in [3.05, 3.63) is 77.3 Å². The fourth-order valence-electron chi connectivity index (χ4n) is 4.31. The van der Waals surface area contributed by atoms with Gasteiger partial charge in [-0.05, 0) is 66.8 Å². The molecule has 1 saturated heterocycles. The van der Waals surface area contributed by atoms with E-state index in [0.29, 0.717) is 41.6 Å². The van der Waals surface area contributed by atoms with Crippen LogP contribution in [0.4, 0.5) is 5.69 Å². The lowest BCUT2D eigenvalue weighted by Gasteiger charge is -2.31. The molecule has 1 fully saturated rings. The number of nitrogens with one attached hydrogen (secondary N) is 1. The zero-order chi connectivity index (χ0) is 26.6. The number of methoxy groups -OCH3 is 1. The first-order valence-corrected chi connectivity index (χ1v) is 14.0. The number of nitrogens with zero attached hydrogens (tertiary/aromatic N) is 1. The van der Waals surface area contributed by atoms with E-state index in [1.54, 1.807) is 30.3 Å². The summed E-state index contributed by atoms with van der Waals surface area (Å²) in [6.07, 6.45) is 1.13. The van der Waals surface area contributed by atoms with E-state index in [0.717, 1.165) is 5.56 Å². The monoisotopic (exact) mass is 542 g/mol. The minimum absolute atomic E-state index is 0.0681. The van der Waals surface area contributed by atoms with Crippen LogP contribution in [-0.2, 0) is 14.8 Å². The number of halogens is 1. The Bertz CT molecular complexity index is 1360. The summed E-state index contributed by atoms with van der Waals surface area (Å²) >= 11 is 6.20. The van der Waals surface area contributed by atoms with Gasteiger partial charge in [-0.2, -0.15) is 4.31 Å². The van der Waals surface area contributed by atoms with E-state index < -0.39 is 15.9 Å². The van der Waals surface area contributed by atoms with E-state index >= 15 is 0 Å². The number of anilines is 1. The van der Waals surface area contributed by atoms with Gasteiger partial charge in [-0.25, -0.2) is 8.42 Å².